The Morgan fingerprint density at radius 3 is 3.00 bits per heavy atom. The average Bonchev–Trinajstić information content (AvgIpc) is 2.28. The van der Waals surface area contributed by atoms with E-state index in [1.54, 1.807) is 0 Å². The molecule has 0 spiro atoms. The van der Waals surface area contributed by atoms with Gasteiger partial charge in [-0.2, -0.15) is 0 Å². The van der Waals surface area contributed by atoms with E-state index in [-0.39, 0.29) is 0 Å². The number of aromatic nitrogens is 1. The maximum Gasteiger partial charge on any atom is 0.0716 e. The summed E-state index contributed by atoms with van der Waals surface area (Å²) in [5.41, 5.74) is 0. The van der Waals surface area contributed by atoms with Gasteiger partial charge in [0.05, 0.1) is 5.35 Å². The van der Waals surface area contributed by atoms with Crippen molar-refractivity contribution < 1.29 is 0 Å². The molecule has 1 nitrogen and oxygen atoms in total. The average molecular weight is 211 g/mol. The first-order valence-corrected chi connectivity index (χ1v) is 5.34. The van der Waals surface area contributed by atoms with Crippen molar-refractivity contribution in [3.8, 4) is 0 Å². The molecule has 2 heteroatoms. The molecule has 2 aromatic rings. The smallest absolute Gasteiger partial charge is 0.0716 e. The van der Waals surface area contributed by atoms with E-state index in [1.807, 2.05) is 18.3 Å². The maximum atomic E-state index is 5.18. The van der Waals surface area contributed by atoms with Gasteiger partial charge in [0.15, 0.2) is 0 Å². The highest BCUT2D eigenvalue weighted by Crippen LogP contribution is 2.06. The van der Waals surface area contributed by atoms with Gasteiger partial charge >= 0.3 is 0 Å². The predicted molar refractivity (Wildman–Crippen MR) is 67.1 cm³/mol. The van der Waals surface area contributed by atoms with Gasteiger partial charge in [-0.05, 0) is 11.5 Å². The van der Waals surface area contributed by atoms with Gasteiger partial charge in [0.2, 0.25) is 0 Å². The van der Waals surface area contributed by atoms with Crippen molar-refractivity contribution in [2.24, 2.45) is 0 Å². The minimum Gasteiger partial charge on any atom is -0.256 e. The number of thiocarbonyl (C=S) groups is 1. The minimum atomic E-state index is 0.859. The fourth-order valence-corrected chi connectivity index (χ4v) is 2.14. The molecule has 0 radical (unpaired) electrons. The Bertz CT molecular complexity index is 670. The molecule has 0 unspecified atom stereocenters. The molecule has 1 aliphatic rings. The van der Waals surface area contributed by atoms with Crippen molar-refractivity contribution in [3.05, 3.63) is 41.0 Å². The number of rotatable bonds is 0. The fourth-order valence-electron chi connectivity index (χ4n) is 1.95. The van der Waals surface area contributed by atoms with Crippen LogP contribution in [-0.2, 0) is 0 Å². The summed E-state index contributed by atoms with van der Waals surface area (Å²) in [4.78, 5) is 5.39. The van der Waals surface area contributed by atoms with Crippen LogP contribution >= 0.6 is 12.2 Å². The van der Waals surface area contributed by atoms with Gasteiger partial charge in [0.1, 0.15) is 0 Å². The van der Waals surface area contributed by atoms with Crippen LogP contribution in [0.5, 0.6) is 0 Å². The Balaban J connectivity index is 2.56. The third-order valence-corrected chi connectivity index (χ3v) is 2.96. The highest BCUT2D eigenvalue weighted by molar-refractivity contribution is 7.81. The van der Waals surface area contributed by atoms with Gasteiger partial charge in [0.25, 0.3) is 0 Å². The number of nitrogens with zero attached hydrogens (tertiary/aromatic N) is 1. The second-order valence-corrected chi connectivity index (χ2v) is 4.19. The highest BCUT2D eigenvalue weighted by atomic mass is 32.1. The van der Waals surface area contributed by atoms with E-state index in [0.717, 1.165) is 16.6 Å². The van der Waals surface area contributed by atoms with Crippen LogP contribution in [0.3, 0.4) is 0 Å². The first kappa shape index (κ1) is 8.74. The number of hydrogen-bond donors (Lipinski definition) is 0. The molecule has 1 aromatic carbocycles. The van der Waals surface area contributed by atoms with Crippen LogP contribution < -0.4 is 10.6 Å². The zero-order chi connectivity index (χ0) is 10.3. The third-order valence-electron chi connectivity index (χ3n) is 2.67. The van der Waals surface area contributed by atoms with Gasteiger partial charge in [0, 0.05) is 28.1 Å². The number of benzene rings is 1. The summed E-state index contributed by atoms with van der Waals surface area (Å²) in [5.74, 6) is 0. The van der Waals surface area contributed by atoms with Crippen molar-refractivity contribution >= 4 is 40.0 Å². The van der Waals surface area contributed by atoms with Crippen molar-refractivity contribution in [1.29, 1.82) is 0 Å². The van der Waals surface area contributed by atoms with Crippen LogP contribution in [0.15, 0.2) is 30.5 Å². The molecule has 3 rings (SSSR count). The Hall–Kier alpha value is -1.54. The third kappa shape index (κ3) is 1.38. The second-order valence-electron chi connectivity index (χ2n) is 3.66. The zero-order valence-corrected chi connectivity index (χ0v) is 8.92. The molecule has 1 aliphatic carbocycles. The van der Waals surface area contributed by atoms with Gasteiger partial charge < -0.3 is 0 Å². The van der Waals surface area contributed by atoms with E-state index >= 15 is 0 Å². The predicted octanol–water partition coefficient (Wildman–Crippen LogP) is 1.57. The second kappa shape index (κ2) is 3.24. The summed E-state index contributed by atoms with van der Waals surface area (Å²) in [7, 11) is 0. The van der Waals surface area contributed by atoms with Gasteiger partial charge in [-0.25, -0.2) is 0 Å². The summed E-state index contributed by atoms with van der Waals surface area (Å²) in [6, 6.07) is 8.31. The maximum absolute atomic E-state index is 5.18. The lowest BCUT2D eigenvalue weighted by Crippen LogP contribution is -2.32. The molecule has 72 valence electrons. The van der Waals surface area contributed by atoms with E-state index in [2.05, 4.69) is 29.3 Å². The summed E-state index contributed by atoms with van der Waals surface area (Å²) >= 11 is 5.18. The van der Waals surface area contributed by atoms with E-state index in [0.29, 0.717) is 0 Å². The Kier molecular flexibility index (Phi) is 1.89. The molecule has 0 atom stereocenters. The molecular formula is C13H9NS. The van der Waals surface area contributed by atoms with Crippen LogP contribution in [0.4, 0.5) is 0 Å². The molecule has 1 aromatic heterocycles. The minimum absolute atomic E-state index is 0.859. The van der Waals surface area contributed by atoms with Crippen LogP contribution in [0.2, 0.25) is 0 Å². The first-order chi connectivity index (χ1) is 7.34. The largest absolute Gasteiger partial charge is 0.256 e. The Morgan fingerprint density at radius 2 is 2.07 bits per heavy atom. The molecule has 1 heterocycles. The Labute approximate surface area is 92.8 Å². The number of fused-ring (bicyclic) bond motifs is 3. The van der Waals surface area contributed by atoms with Crippen LogP contribution in [0, 0.1) is 0 Å². The molecule has 0 aliphatic heterocycles. The molecule has 0 N–H and O–H groups in total. The molecule has 15 heavy (non-hydrogen) atoms. The first-order valence-electron chi connectivity index (χ1n) is 4.93. The van der Waals surface area contributed by atoms with Crippen molar-refractivity contribution in [2.75, 3.05) is 0 Å². The van der Waals surface area contributed by atoms with E-state index < -0.39 is 0 Å². The zero-order valence-electron chi connectivity index (χ0n) is 8.10. The van der Waals surface area contributed by atoms with Crippen molar-refractivity contribution in [1.82, 2.24) is 4.98 Å². The lowest BCUT2D eigenvalue weighted by molar-refractivity contribution is 1.24. The quantitative estimate of drug-likeness (QED) is 0.613. The summed E-state index contributed by atoms with van der Waals surface area (Å²) in [5, 5.41) is 4.68. The monoisotopic (exact) mass is 211 g/mol. The summed E-state index contributed by atoms with van der Waals surface area (Å²) in [6.07, 6.45) is 6.94. The Morgan fingerprint density at radius 1 is 1.20 bits per heavy atom. The molecule has 0 saturated heterocycles. The van der Waals surface area contributed by atoms with E-state index in [4.69, 9.17) is 12.2 Å². The fraction of sp³-hybridized carbons (Fsp3) is 0.0769. The molecular weight excluding hydrogens is 202 g/mol. The van der Waals surface area contributed by atoms with Gasteiger partial charge in [-0.3, -0.25) is 4.98 Å². The summed E-state index contributed by atoms with van der Waals surface area (Å²) < 4.78 is 0. The van der Waals surface area contributed by atoms with Crippen molar-refractivity contribution in [3.63, 3.8) is 0 Å². The molecule has 0 bridgehead atoms. The van der Waals surface area contributed by atoms with E-state index in [9.17, 15) is 0 Å². The van der Waals surface area contributed by atoms with Gasteiger partial charge in [-0.15, -0.1) is 0 Å². The lowest BCUT2D eigenvalue weighted by atomic mass is 10.1. The summed E-state index contributed by atoms with van der Waals surface area (Å²) in [6.45, 7) is 0. The molecule has 0 fully saturated rings. The van der Waals surface area contributed by atoms with Crippen molar-refractivity contribution in [2.45, 2.75) is 6.42 Å². The standard InChI is InChI=1S/C13H9NS/c15-10-5-6-12-11-4-2-1-3-9(11)8-14-13(12)7-10/h1-4,6-8H,5H2. The van der Waals surface area contributed by atoms with E-state index in [1.165, 1.54) is 16.0 Å². The molecule has 0 saturated carbocycles. The number of pyridine rings is 1. The van der Waals surface area contributed by atoms with Crippen LogP contribution in [0.25, 0.3) is 22.9 Å². The van der Waals surface area contributed by atoms with Crippen LogP contribution in [-0.4, -0.2) is 9.85 Å². The number of hydrogen-bond acceptors (Lipinski definition) is 2. The molecule has 0 amide bonds. The normalized spacial score (nSPS) is 14.3. The lowest BCUT2D eigenvalue weighted by Gasteiger charge is -2.03. The highest BCUT2D eigenvalue weighted by Gasteiger charge is 2.02. The van der Waals surface area contributed by atoms with Crippen LogP contribution in [0.1, 0.15) is 6.42 Å². The van der Waals surface area contributed by atoms with Gasteiger partial charge in [-0.1, -0.05) is 42.6 Å². The topological polar surface area (TPSA) is 12.9 Å². The SMILES string of the molecule is S=C1C=c2ncc3ccccc3c2=CC1.